The van der Waals surface area contributed by atoms with E-state index in [9.17, 15) is 0 Å². The SMILES string of the molecule is CCCCOc1c(N)cc(C#N)n1CCC. The molecule has 0 saturated heterocycles. The van der Waals surface area contributed by atoms with Crippen molar-refractivity contribution in [2.75, 3.05) is 12.3 Å². The van der Waals surface area contributed by atoms with Crippen molar-refractivity contribution in [3.8, 4) is 11.9 Å². The highest BCUT2D eigenvalue weighted by Crippen LogP contribution is 2.26. The third-order valence-electron chi connectivity index (χ3n) is 2.37. The maximum absolute atomic E-state index is 8.97. The Hall–Kier alpha value is -1.63. The van der Waals surface area contributed by atoms with Gasteiger partial charge in [-0.3, -0.25) is 0 Å². The minimum atomic E-state index is 0.557. The van der Waals surface area contributed by atoms with Crippen molar-refractivity contribution in [2.45, 2.75) is 39.7 Å². The second-order valence-electron chi connectivity index (χ2n) is 3.76. The van der Waals surface area contributed by atoms with Crippen LogP contribution in [0.4, 0.5) is 5.69 Å². The van der Waals surface area contributed by atoms with Gasteiger partial charge in [0.15, 0.2) is 0 Å². The molecule has 0 saturated carbocycles. The third-order valence-corrected chi connectivity index (χ3v) is 2.37. The molecule has 0 aliphatic carbocycles. The number of nitrogens with zero attached hydrogens (tertiary/aromatic N) is 2. The van der Waals surface area contributed by atoms with Gasteiger partial charge in [-0.1, -0.05) is 20.3 Å². The summed E-state index contributed by atoms with van der Waals surface area (Å²) in [6.45, 7) is 5.59. The highest BCUT2D eigenvalue weighted by atomic mass is 16.5. The van der Waals surface area contributed by atoms with Gasteiger partial charge in [0.25, 0.3) is 0 Å². The third kappa shape index (κ3) is 2.69. The lowest BCUT2D eigenvalue weighted by Crippen LogP contribution is -2.07. The highest BCUT2D eigenvalue weighted by molar-refractivity contribution is 5.55. The van der Waals surface area contributed by atoms with Crippen LogP contribution in [0, 0.1) is 11.3 Å². The van der Waals surface area contributed by atoms with Crippen LogP contribution in [-0.2, 0) is 6.54 Å². The molecule has 0 unspecified atom stereocenters. The quantitative estimate of drug-likeness (QED) is 0.751. The number of hydrogen-bond acceptors (Lipinski definition) is 3. The van der Waals surface area contributed by atoms with Crippen molar-refractivity contribution in [1.82, 2.24) is 4.57 Å². The van der Waals surface area contributed by atoms with Gasteiger partial charge in [0, 0.05) is 12.6 Å². The van der Waals surface area contributed by atoms with Gasteiger partial charge in [-0.05, 0) is 12.8 Å². The Morgan fingerprint density at radius 2 is 2.19 bits per heavy atom. The molecular weight excluding hydrogens is 202 g/mol. The molecule has 88 valence electrons. The molecule has 0 aromatic carbocycles. The van der Waals surface area contributed by atoms with Crippen LogP contribution in [-0.4, -0.2) is 11.2 Å². The van der Waals surface area contributed by atoms with Crippen molar-refractivity contribution >= 4 is 5.69 Å². The molecular formula is C12H19N3O. The molecule has 2 N–H and O–H groups in total. The first-order valence-electron chi connectivity index (χ1n) is 5.76. The van der Waals surface area contributed by atoms with Gasteiger partial charge in [0.2, 0.25) is 5.88 Å². The zero-order chi connectivity index (χ0) is 12.0. The Morgan fingerprint density at radius 3 is 2.75 bits per heavy atom. The fourth-order valence-electron chi connectivity index (χ4n) is 1.56. The van der Waals surface area contributed by atoms with Crippen molar-refractivity contribution in [3.05, 3.63) is 11.8 Å². The molecule has 4 heteroatoms. The van der Waals surface area contributed by atoms with Crippen LogP contribution >= 0.6 is 0 Å². The van der Waals surface area contributed by atoms with Crippen molar-refractivity contribution in [1.29, 1.82) is 5.26 Å². The molecule has 0 atom stereocenters. The number of aromatic nitrogens is 1. The smallest absolute Gasteiger partial charge is 0.218 e. The maximum Gasteiger partial charge on any atom is 0.218 e. The molecule has 0 fully saturated rings. The lowest BCUT2D eigenvalue weighted by molar-refractivity contribution is 0.284. The lowest BCUT2D eigenvalue weighted by atomic mass is 10.4. The van der Waals surface area contributed by atoms with Crippen LogP contribution in [0.25, 0.3) is 0 Å². The molecule has 0 spiro atoms. The molecule has 0 radical (unpaired) electrons. The summed E-state index contributed by atoms with van der Waals surface area (Å²) in [4.78, 5) is 0. The van der Waals surface area contributed by atoms with E-state index in [0.717, 1.165) is 25.8 Å². The molecule has 16 heavy (non-hydrogen) atoms. The zero-order valence-corrected chi connectivity index (χ0v) is 9.99. The minimum Gasteiger partial charge on any atom is -0.477 e. The van der Waals surface area contributed by atoms with Crippen LogP contribution in [0.5, 0.6) is 5.88 Å². The van der Waals surface area contributed by atoms with Gasteiger partial charge in [0.05, 0.1) is 12.3 Å². The zero-order valence-electron chi connectivity index (χ0n) is 9.99. The van der Waals surface area contributed by atoms with Gasteiger partial charge >= 0.3 is 0 Å². The molecule has 1 aromatic heterocycles. The van der Waals surface area contributed by atoms with Crippen LogP contribution in [0.2, 0.25) is 0 Å². The molecule has 0 aliphatic heterocycles. The number of unbranched alkanes of at least 4 members (excludes halogenated alkanes) is 1. The summed E-state index contributed by atoms with van der Waals surface area (Å²) in [5.74, 6) is 0.645. The van der Waals surface area contributed by atoms with E-state index in [2.05, 4.69) is 19.9 Å². The second-order valence-corrected chi connectivity index (χ2v) is 3.76. The molecule has 1 aromatic rings. The maximum atomic E-state index is 8.97. The standard InChI is InChI=1S/C12H19N3O/c1-3-5-7-16-12-11(14)8-10(9-13)15(12)6-4-2/h8H,3-7,14H2,1-2H3. The number of nitrogen functional groups attached to an aromatic ring is 1. The number of rotatable bonds is 6. The second kappa shape index (κ2) is 6.06. The Bertz CT molecular complexity index is 376. The first-order valence-corrected chi connectivity index (χ1v) is 5.76. The van der Waals surface area contributed by atoms with E-state index < -0.39 is 0 Å². The van der Waals surface area contributed by atoms with E-state index >= 15 is 0 Å². The summed E-state index contributed by atoms with van der Waals surface area (Å²) in [5, 5.41) is 8.97. The van der Waals surface area contributed by atoms with E-state index in [0.29, 0.717) is 23.9 Å². The van der Waals surface area contributed by atoms with Gasteiger partial charge in [-0.25, -0.2) is 0 Å². The largest absolute Gasteiger partial charge is 0.477 e. The fourth-order valence-corrected chi connectivity index (χ4v) is 1.56. The van der Waals surface area contributed by atoms with Crippen molar-refractivity contribution in [2.24, 2.45) is 0 Å². The first-order chi connectivity index (χ1) is 7.74. The molecule has 1 rings (SSSR count). The van der Waals surface area contributed by atoms with Crippen LogP contribution < -0.4 is 10.5 Å². The Morgan fingerprint density at radius 1 is 1.44 bits per heavy atom. The number of nitriles is 1. The molecule has 0 bridgehead atoms. The number of anilines is 1. The number of nitrogens with two attached hydrogens (primary N) is 1. The summed E-state index contributed by atoms with van der Waals surface area (Å²) >= 11 is 0. The summed E-state index contributed by atoms with van der Waals surface area (Å²) in [7, 11) is 0. The molecule has 0 amide bonds. The Kier molecular flexibility index (Phi) is 4.71. The topological polar surface area (TPSA) is 64.0 Å². The number of hydrogen-bond donors (Lipinski definition) is 1. The van der Waals surface area contributed by atoms with Gasteiger partial charge in [-0.2, -0.15) is 5.26 Å². The van der Waals surface area contributed by atoms with Crippen LogP contribution in [0.1, 0.15) is 38.8 Å². The van der Waals surface area contributed by atoms with Crippen molar-refractivity contribution < 1.29 is 4.74 Å². The average Bonchev–Trinajstić information content (AvgIpc) is 2.57. The molecule has 4 nitrogen and oxygen atoms in total. The summed E-state index contributed by atoms with van der Waals surface area (Å²) in [6, 6.07) is 3.81. The highest BCUT2D eigenvalue weighted by Gasteiger charge is 2.13. The van der Waals surface area contributed by atoms with Crippen molar-refractivity contribution in [3.63, 3.8) is 0 Å². The molecule has 0 aliphatic rings. The van der Waals surface area contributed by atoms with Gasteiger partial charge in [-0.15, -0.1) is 0 Å². The van der Waals surface area contributed by atoms with E-state index in [1.807, 2.05) is 4.57 Å². The normalized spacial score (nSPS) is 10.1. The Labute approximate surface area is 96.6 Å². The lowest BCUT2D eigenvalue weighted by Gasteiger charge is -2.11. The van der Waals surface area contributed by atoms with E-state index in [4.69, 9.17) is 15.7 Å². The van der Waals surface area contributed by atoms with E-state index in [1.165, 1.54) is 0 Å². The van der Waals surface area contributed by atoms with Crippen LogP contribution in [0.3, 0.4) is 0 Å². The predicted octanol–water partition coefficient (Wildman–Crippen LogP) is 2.53. The Balaban J connectivity index is 2.87. The summed E-state index contributed by atoms with van der Waals surface area (Å²) in [5.41, 5.74) is 6.96. The predicted molar refractivity (Wildman–Crippen MR) is 64.3 cm³/mol. The fraction of sp³-hybridized carbons (Fsp3) is 0.583. The van der Waals surface area contributed by atoms with E-state index in [-0.39, 0.29) is 0 Å². The number of ether oxygens (including phenoxy) is 1. The summed E-state index contributed by atoms with van der Waals surface area (Å²) in [6.07, 6.45) is 3.03. The molecule has 1 heterocycles. The minimum absolute atomic E-state index is 0.557. The van der Waals surface area contributed by atoms with Crippen LogP contribution in [0.15, 0.2) is 6.07 Å². The monoisotopic (exact) mass is 221 g/mol. The van der Waals surface area contributed by atoms with Gasteiger partial charge < -0.3 is 15.0 Å². The van der Waals surface area contributed by atoms with E-state index in [1.54, 1.807) is 6.07 Å². The average molecular weight is 221 g/mol. The van der Waals surface area contributed by atoms with Gasteiger partial charge in [0.1, 0.15) is 11.8 Å². The first kappa shape index (κ1) is 12.4. The summed E-state index contributed by atoms with van der Waals surface area (Å²) < 4.78 is 7.48.